The molecule has 0 bridgehead atoms. The van der Waals surface area contributed by atoms with Gasteiger partial charge in [0, 0.05) is 5.56 Å². The molecule has 0 aromatic heterocycles. The molecule has 1 atom stereocenters. The lowest BCUT2D eigenvalue weighted by molar-refractivity contribution is 0.312. The second-order valence-electron chi connectivity index (χ2n) is 10.2. The van der Waals surface area contributed by atoms with Crippen LogP contribution in [0.4, 0.5) is 4.39 Å². The van der Waals surface area contributed by atoms with E-state index in [-0.39, 0.29) is 5.82 Å². The first-order valence-electron chi connectivity index (χ1n) is 13.3. The summed E-state index contributed by atoms with van der Waals surface area (Å²) in [4.78, 5) is 0. The van der Waals surface area contributed by atoms with Crippen molar-refractivity contribution in [1.82, 2.24) is 0 Å². The van der Waals surface area contributed by atoms with E-state index >= 15 is 0 Å². The Morgan fingerprint density at radius 2 is 1.63 bits per heavy atom. The van der Waals surface area contributed by atoms with Crippen LogP contribution in [0.1, 0.15) is 92.0 Å². The molecular formula is C34H39F. The molecule has 0 unspecified atom stereocenters. The molecule has 1 aliphatic carbocycles. The summed E-state index contributed by atoms with van der Waals surface area (Å²) in [5, 5.41) is 0. The summed E-state index contributed by atoms with van der Waals surface area (Å²) in [6.45, 7) is 4.30. The lowest BCUT2D eigenvalue weighted by Gasteiger charge is -2.28. The predicted octanol–water partition coefficient (Wildman–Crippen LogP) is 9.97. The number of hydrogen-bond donors (Lipinski definition) is 0. The molecule has 0 heterocycles. The Labute approximate surface area is 211 Å². The molecule has 1 aliphatic rings. The van der Waals surface area contributed by atoms with Crippen molar-refractivity contribution in [1.29, 1.82) is 0 Å². The zero-order valence-corrected chi connectivity index (χ0v) is 21.3. The Morgan fingerprint density at radius 1 is 0.886 bits per heavy atom. The molecule has 1 heteroatoms. The highest BCUT2D eigenvalue weighted by Crippen LogP contribution is 2.37. The van der Waals surface area contributed by atoms with Crippen molar-refractivity contribution in [2.24, 2.45) is 5.92 Å². The summed E-state index contributed by atoms with van der Waals surface area (Å²) >= 11 is 0. The number of hydrogen-bond acceptors (Lipinski definition) is 0. The SMILES string of the molecule is CC=CCCC1CCC(c2ccc(C=Cc3ccc(C[C@@H](C)c4ccccc4)cc3F)cc2)CC1. The Morgan fingerprint density at radius 3 is 2.31 bits per heavy atom. The fourth-order valence-electron chi connectivity index (χ4n) is 5.43. The van der Waals surface area contributed by atoms with Gasteiger partial charge in [0.15, 0.2) is 0 Å². The van der Waals surface area contributed by atoms with Gasteiger partial charge in [-0.1, -0.05) is 98.0 Å². The van der Waals surface area contributed by atoms with E-state index in [1.807, 2.05) is 24.3 Å². The minimum Gasteiger partial charge on any atom is -0.206 e. The van der Waals surface area contributed by atoms with Gasteiger partial charge in [-0.05, 0) is 97.9 Å². The smallest absolute Gasteiger partial charge is 0.130 e. The van der Waals surface area contributed by atoms with E-state index in [1.165, 1.54) is 49.7 Å². The highest BCUT2D eigenvalue weighted by molar-refractivity contribution is 5.70. The Balaban J connectivity index is 1.31. The van der Waals surface area contributed by atoms with E-state index in [9.17, 15) is 4.39 Å². The molecular weight excluding hydrogens is 427 g/mol. The summed E-state index contributed by atoms with van der Waals surface area (Å²) in [5.41, 5.74) is 5.54. The van der Waals surface area contributed by atoms with Crippen LogP contribution in [-0.2, 0) is 6.42 Å². The standard InChI is InChI=1S/C34H39F/c1-3-4-6-9-27-12-18-31(19-13-27)32-20-14-28(15-21-32)16-22-33-23-17-29(25-34(33)35)24-26(2)30-10-7-5-8-11-30/h3-5,7-8,10-11,14-17,20-23,25-27,31H,6,9,12-13,18-19,24H2,1-2H3/t26-,27?,31?/m1/s1. The number of benzene rings is 3. The lowest BCUT2D eigenvalue weighted by Crippen LogP contribution is -2.13. The highest BCUT2D eigenvalue weighted by Gasteiger charge is 2.21. The van der Waals surface area contributed by atoms with Gasteiger partial charge < -0.3 is 0 Å². The molecule has 0 N–H and O–H groups in total. The van der Waals surface area contributed by atoms with Gasteiger partial charge in [-0.15, -0.1) is 0 Å². The molecule has 0 amide bonds. The maximum atomic E-state index is 14.8. The minimum absolute atomic E-state index is 0.151. The van der Waals surface area contributed by atoms with Crippen molar-refractivity contribution in [2.45, 2.75) is 70.6 Å². The van der Waals surface area contributed by atoms with Crippen molar-refractivity contribution >= 4 is 12.2 Å². The summed E-state index contributed by atoms with van der Waals surface area (Å²) in [6, 6.07) is 25.0. The first-order chi connectivity index (χ1) is 17.1. The van der Waals surface area contributed by atoms with E-state index in [2.05, 4.69) is 80.6 Å². The fraction of sp³-hybridized carbons (Fsp3) is 0.353. The first-order valence-corrected chi connectivity index (χ1v) is 13.3. The van der Waals surface area contributed by atoms with E-state index in [0.717, 1.165) is 23.5 Å². The zero-order valence-electron chi connectivity index (χ0n) is 21.3. The monoisotopic (exact) mass is 466 g/mol. The molecule has 0 nitrogen and oxygen atoms in total. The molecule has 182 valence electrons. The lowest BCUT2D eigenvalue weighted by atomic mass is 9.77. The average molecular weight is 467 g/mol. The molecule has 0 saturated heterocycles. The van der Waals surface area contributed by atoms with Gasteiger partial charge >= 0.3 is 0 Å². The molecule has 3 aromatic rings. The second-order valence-corrected chi connectivity index (χ2v) is 10.2. The molecule has 0 spiro atoms. The normalized spacial score (nSPS) is 19.4. The second kappa shape index (κ2) is 12.7. The third kappa shape index (κ3) is 7.28. The predicted molar refractivity (Wildman–Crippen MR) is 149 cm³/mol. The number of halogens is 1. The molecule has 0 aliphatic heterocycles. The van der Waals surface area contributed by atoms with Crippen molar-refractivity contribution in [3.05, 3.63) is 119 Å². The number of rotatable bonds is 9. The topological polar surface area (TPSA) is 0 Å². The van der Waals surface area contributed by atoms with Crippen LogP contribution in [0.2, 0.25) is 0 Å². The Bertz CT molecular complexity index is 1100. The molecule has 0 radical (unpaired) electrons. The minimum atomic E-state index is -0.151. The van der Waals surface area contributed by atoms with E-state index in [0.29, 0.717) is 17.4 Å². The quantitative estimate of drug-likeness (QED) is 0.217. The van der Waals surface area contributed by atoms with Gasteiger partial charge in [-0.2, -0.15) is 0 Å². The molecule has 35 heavy (non-hydrogen) atoms. The van der Waals surface area contributed by atoms with Crippen LogP contribution < -0.4 is 0 Å². The van der Waals surface area contributed by atoms with Crippen LogP contribution >= 0.6 is 0 Å². The summed E-state index contributed by atoms with van der Waals surface area (Å²) < 4.78 is 14.8. The Hall–Kier alpha value is -2.93. The third-order valence-corrected chi connectivity index (χ3v) is 7.66. The van der Waals surface area contributed by atoms with E-state index in [1.54, 1.807) is 6.07 Å². The first kappa shape index (κ1) is 25.2. The van der Waals surface area contributed by atoms with Crippen molar-refractivity contribution in [3.63, 3.8) is 0 Å². The highest BCUT2D eigenvalue weighted by atomic mass is 19.1. The summed E-state index contributed by atoms with van der Waals surface area (Å²) in [5.74, 6) is 1.80. The maximum absolute atomic E-state index is 14.8. The van der Waals surface area contributed by atoms with Crippen LogP contribution in [-0.4, -0.2) is 0 Å². The van der Waals surface area contributed by atoms with Crippen LogP contribution in [0.3, 0.4) is 0 Å². The molecule has 1 saturated carbocycles. The van der Waals surface area contributed by atoms with Gasteiger partial charge in [0.2, 0.25) is 0 Å². The fourth-order valence-corrected chi connectivity index (χ4v) is 5.43. The van der Waals surface area contributed by atoms with Crippen LogP contribution in [0.25, 0.3) is 12.2 Å². The molecule has 3 aromatic carbocycles. The van der Waals surface area contributed by atoms with Gasteiger partial charge in [-0.25, -0.2) is 4.39 Å². The third-order valence-electron chi connectivity index (χ3n) is 7.66. The maximum Gasteiger partial charge on any atom is 0.130 e. The van der Waals surface area contributed by atoms with Crippen molar-refractivity contribution < 1.29 is 4.39 Å². The summed E-state index contributed by atoms with van der Waals surface area (Å²) in [7, 11) is 0. The van der Waals surface area contributed by atoms with Crippen molar-refractivity contribution in [3.8, 4) is 0 Å². The van der Waals surface area contributed by atoms with Gasteiger partial charge in [0.25, 0.3) is 0 Å². The van der Waals surface area contributed by atoms with Crippen LogP contribution in [0, 0.1) is 11.7 Å². The zero-order chi connectivity index (χ0) is 24.5. The Kier molecular flexibility index (Phi) is 9.12. The van der Waals surface area contributed by atoms with E-state index < -0.39 is 0 Å². The van der Waals surface area contributed by atoms with Gasteiger partial charge in [0.1, 0.15) is 5.82 Å². The average Bonchev–Trinajstić information content (AvgIpc) is 2.90. The summed E-state index contributed by atoms with van der Waals surface area (Å²) in [6.07, 6.45) is 17.1. The molecule has 4 rings (SSSR count). The largest absolute Gasteiger partial charge is 0.206 e. The number of allylic oxidation sites excluding steroid dienone is 2. The van der Waals surface area contributed by atoms with E-state index in [4.69, 9.17) is 0 Å². The van der Waals surface area contributed by atoms with Gasteiger partial charge in [0.05, 0.1) is 0 Å². The van der Waals surface area contributed by atoms with Crippen LogP contribution in [0.5, 0.6) is 0 Å². The van der Waals surface area contributed by atoms with Crippen LogP contribution in [0.15, 0.2) is 84.9 Å². The van der Waals surface area contributed by atoms with Crippen molar-refractivity contribution in [2.75, 3.05) is 0 Å². The van der Waals surface area contributed by atoms with Gasteiger partial charge in [-0.3, -0.25) is 0 Å². The molecule has 1 fully saturated rings.